The van der Waals surface area contributed by atoms with Crippen molar-refractivity contribution < 1.29 is 9.90 Å². The van der Waals surface area contributed by atoms with E-state index in [0.29, 0.717) is 12.5 Å². The zero-order valence-corrected chi connectivity index (χ0v) is 18.0. The highest BCUT2D eigenvalue weighted by Crippen LogP contribution is 2.35. The fourth-order valence-electron chi connectivity index (χ4n) is 4.94. The Morgan fingerprint density at radius 3 is 2.77 bits per heavy atom. The number of aliphatic hydroxyl groups is 1. The van der Waals surface area contributed by atoms with E-state index in [-0.39, 0.29) is 42.1 Å². The van der Waals surface area contributed by atoms with Gasteiger partial charge >= 0.3 is 0 Å². The SMILES string of the molecule is CC(C)N(CCO)C(=O)c1ccc2n(c1=O)C[C@H]1C[C@@H]2CN(Cc2nccn2C)C1. The smallest absolute Gasteiger partial charge is 0.263 e. The van der Waals surface area contributed by atoms with E-state index >= 15 is 0 Å². The predicted octanol–water partition coefficient (Wildman–Crippen LogP) is 1.04. The first-order valence-corrected chi connectivity index (χ1v) is 10.7. The molecule has 1 fully saturated rings. The third-order valence-corrected chi connectivity index (χ3v) is 6.42. The van der Waals surface area contributed by atoms with Crippen LogP contribution in [0, 0.1) is 5.92 Å². The van der Waals surface area contributed by atoms with Gasteiger partial charge in [-0.3, -0.25) is 14.5 Å². The van der Waals surface area contributed by atoms with Gasteiger partial charge in [0.15, 0.2) is 0 Å². The van der Waals surface area contributed by atoms with Gasteiger partial charge in [0.25, 0.3) is 11.5 Å². The number of carbonyl (C=O) groups excluding carboxylic acids is 1. The number of carbonyl (C=O) groups is 1. The molecule has 0 aliphatic carbocycles. The maximum absolute atomic E-state index is 13.2. The van der Waals surface area contributed by atoms with Crippen LogP contribution in [0.5, 0.6) is 0 Å². The van der Waals surface area contributed by atoms with Crippen molar-refractivity contribution in [1.29, 1.82) is 0 Å². The number of rotatable bonds is 6. The van der Waals surface area contributed by atoms with Crippen LogP contribution in [-0.4, -0.2) is 67.2 Å². The summed E-state index contributed by atoms with van der Waals surface area (Å²) in [6.45, 7) is 7.16. The second-order valence-electron chi connectivity index (χ2n) is 8.85. The average Bonchev–Trinajstić information content (AvgIpc) is 3.10. The Bertz CT molecular complexity index is 979. The van der Waals surface area contributed by atoms with Gasteiger partial charge in [0.05, 0.1) is 13.2 Å². The number of imidazole rings is 1. The second kappa shape index (κ2) is 8.35. The number of aliphatic hydroxyl groups excluding tert-OH is 1. The molecule has 30 heavy (non-hydrogen) atoms. The van der Waals surface area contributed by atoms with Crippen molar-refractivity contribution in [3.8, 4) is 0 Å². The van der Waals surface area contributed by atoms with E-state index < -0.39 is 0 Å². The Balaban J connectivity index is 1.58. The number of likely N-dealkylation sites (tertiary alicyclic amines) is 1. The maximum Gasteiger partial charge on any atom is 0.263 e. The summed E-state index contributed by atoms with van der Waals surface area (Å²) >= 11 is 0. The zero-order chi connectivity index (χ0) is 21.4. The highest BCUT2D eigenvalue weighted by Gasteiger charge is 2.36. The average molecular weight is 414 g/mol. The van der Waals surface area contributed by atoms with Gasteiger partial charge < -0.3 is 19.1 Å². The lowest BCUT2D eigenvalue weighted by molar-refractivity contribution is 0.0660. The van der Waals surface area contributed by atoms with Gasteiger partial charge in [0.1, 0.15) is 11.4 Å². The first-order valence-electron chi connectivity index (χ1n) is 10.7. The molecule has 1 saturated heterocycles. The van der Waals surface area contributed by atoms with Crippen LogP contribution in [0.15, 0.2) is 29.3 Å². The molecule has 0 radical (unpaired) electrons. The van der Waals surface area contributed by atoms with Crippen LogP contribution >= 0.6 is 0 Å². The van der Waals surface area contributed by atoms with Crippen molar-refractivity contribution in [2.24, 2.45) is 13.0 Å². The van der Waals surface area contributed by atoms with E-state index in [1.165, 1.54) is 0 Å². The lowest BCUT2D eigenvalue weighted by atomic mass is 9.83. The van der Waals surface area contributed by atoms with Crippen LogP contribution in [0.2, 0.25) is 0 Å². The van der Waals surface area contributed by atoms with Gasteiger partial charge in [-0.05, 0) is 38.3 Å². The number of pyridine rings is 1. The van der Waals surface area contributed by atoms with E-state index in [0.717, 1.165) is 37.6 Å². The second-order valence-corrected chi connectivity index (χ2v) is 8.85. The van der Waals surface area contributed by atoms with Crippen molar-refractivity contribution in [1.82, 2.24) is 23.9 Å². The highest BCUT2D eigenvalue weighted by molar-refractivity contribution is 5.94. The molecule has 0 saturated carbocycles. The lowest BCUT2D eigenvalue weighted by Crippen LogP contribution is -2.48. The van der Waals surface area contributed by atoms with E-state index in [2.05, 4.69) is 9.88 Å². The molecule has 2 bridgehead atoms. The highest BCUT2D eigenvalue weighted by atomic mass is 16.3. The molecule has 0 spiro atoms. The molecule has 8 nitrogen and oxygen atoms in total. The number of amides is 1. The quantitative estimate of drug-likeness (QED) is 0.765. The minimum Gasteiger partial charge on any atom is -0.395 e. The number of piperidine rings is 1. The van der Waals surface area contributed by atoms with Crippen LogP contribution in [0.3, 0.4) is 0 Å². The summed E-state index contributed by atoms with van der Waals surface area (Å²) in [5, 5.41) is 9.30. The van der Waals surface area contributed by atoms with E-state index in [4.69, 9.17) is 0 Å². The molecule has 0 aromatic carbocycles. The molecule has 2 aromatic heterocycles. The molecule has 4 rings (SSSR count). The maximum atomic E-state index is 13.2. The first kappa shape index (κ1) is 20.8. The minimum atomic E-state index is -0.300. The van der Waals surface area contributed by atoms with Gasteiger partial charge in [-0.25, -0.2) is 4.98 Å². The van der Waals surface area contributed by atoms with Crippen LogP contribution in [0.1, 0.15) is 48.1 Å². The summed E-state index contributed by atoms with van der Waals surface area (Å²) in [6, 6.07) is 3.56. The third kappa shape index (κ3) is 3.81. The van der Waals surface area contributed by atoms with Gasteiger partial charge in [-0.15, -0.1) is 0 Å². The Kier molecular flexibility index (Phi) is 5.79. The summed E-state index contributed by atoms with van der Waals surface area (Å²) in [4.78, 5) is 34.6. The van der Waals surface area contributed by atoms with Gasteiger partial charge in [0.2, 0.25) is 0 Å². The molecule has 2 aliphatic rings. The summed E-state index contributed by atoms with van der Waals surface area (Å²) in [5.41, 5.74) is 1.02. The van der Waals surface area contributed by atoms with Crippen molar-refractivity contribution >= 4 is 5.91 Å². The molecule has 2 aromatic rings. The Labute approximate surface area is 176 Å². The molecular weight excluding hydrogens is 382 g/mol. The lowest BCUT2D eigenvalue weighted by Gasteiger charge is -2.42. The molecule has 162 valence electrons. The summed E-state index contributed by atoms with van der Waals surface area (Å²) in [6.07, 6.45) is 4.86. The Morgan fingerprint density at radius 2 is 2.10 bits per heavy atom. The number of hydrogen-bond acceptors (Lipinski definition) is 5. The first-order chi connectivity index (χ1) is 14.4. The standard InChI is InChI=1S/C22H31N5O3/c1-15(2)26(8-9-28)21(29)18-4-5-19-17-10-16(12-27(19)22(18)30)11-25(13-17)14-20-23-6-7-24(20)3/h4-7,15-17,28H,8-14H2,1-3H3/t16-,17+/m0/s1. The topological polar surface area (TPSA) is 83.6 Å². The van der Waals surface area contributed by atoms with Crippen LogP contribution in [-0.2, 0) is 20.1 Å². The number of fused-ring (bicyclic) bond motifs is 4. The summed E-state index contributed by atoms with van der Waals surface area (Å²) in [7, 11) is 2.01. The van der Waals surface area contributed by atoms with Gasteiger partial charge in [-0.2, -0.15) is 0 Å². The molecule has 1 amide bonds. The van der Waals surface area contributed by atoms with Gasteiger partial charge in [0, 0.05) is 63.3 Å². The third-order valence-electron chi connectivity index (χ3n) is 6.42. The van der Waals surface area contributed by atoms with Crippen molar-refractivity contribution in [3.63, 3.8) is 0 Å². The Morgan fingerprint density at radius 1 is 1.30 bits per heavy atom. The predicted molar refractivity (Wildman–Crippen MR) is 113 cm³/mol. The normalized spacial score (nSPS) is 21.0. The van der Waals surface area contributed by atoms with E-state index in [1.807, 2.05) is 48.5 Å². The molecule has 8 heteroatoms. The van der Waals surface area contributed by atoms with Gasteiger partial charge in [-0.1, -0.05) is 0 Å². The monoisotopic (exact) mass is 413 g/mol. The van der Waals surface area contributed by atoms with Crippen LogP contribution < -0.4 is 5.56 Å². The number of hydrogen-bond donors (Lipinski definition) is 1. The fourth-order valence-corrected chi connectivity index (χ4v) is 4.94. The molecule has 0 unspecified atom stereocenters. The summed E-state index contributed by atoms with van der Waals surface area (Å²) in [5.74, 6) is 1.42. The largest absolute Gasteiger partial charge is 0.395 e. The summed E-state index contributed by atoms with van der Waals surface area (Å²) < 4.78 is 3.87. The number of aryl methyl sites for hydroxylation is 1. The van der Waals surface area contributed by atoms with Crippen LogP contribution in [0.4, 0.5) is 0 Å². The molecule has 2 aliphatic heterocycles. The number of nitrogens with zero attached hydrogens (tertiary/aromatic N) is 5. The molecule has 1 N–H and O–H groups in total. The number of aromatic nitrogens is 3. The molecular formula is C22H31N5O3. The molecule has 2 atom stereocenters. The fraction of sp³-hybridized carbons (Fsp3) is 0.591. The van der Waals surface area contributed by atoms with Crippen LogP contribution in [0.25, 0.3) is 0 Å². The van der Waals surface area contributed by atoms with Crippen molar-refractivity contribution in [3.05, 3.63) is 52.0 Å². The van der Waals surface area contributed by atoms with Crippen molar-refractivity contribution in [2.45, 2.75) is 45.3 Å². The minimum absolute atomic E-state index is 0.0795. The zero-order valence-electron chi connectivity index (χ0n) is 18.0. The molecule has 4 heterocycles. The van der Waals surface area contributed by atoms with E-state index in [9.17, 15) is 14.7 Å². The Hall–Kier alpha value is -2.45. The van der Waals surface area contributed by atoms with E-state index in [1.54, 1.807) is 11.0 Å². The van der Waals surface area contributed by atoms with Crippen molar-refractivity contribution in [2.75, 3.05) is 26.2 Å².